The molecule has 4 nitrogen and oxygen atoms in total. The van der Waals surface area contributed by atoms with Crippen molar-refractivity contribution in [3.8, 4) is 0 Å². The van der Waals surface area contributed by atoms with Gasteiger partial charge in [0, 0.05) is 38.4 Å². The first-order valence-corrected chi connectivity index (χ1v) is 8.71. The Morgan fingerprint density at radius 1 is 1.04 bits per heavy atom. The highest BCUT2D eigenvalue weighted by Crippen LogP contribution is 2.20. The summed E-state index contributed by atoms with van der Waals surface area (Å²) < 4.78 is 12.9. The minimum absolute atomic E-state index is 0.0217. The summed E-state index contributed by atoms with van der Waals surface area (Å²) in [7, 11) is 0. The first-order valence-electron chi connectivity index (χ1n) is 8.71. The van der Waals surface area contributed by atoms with E-state index in [2.05, 4.69) is 35.3 Å². The summed E-state index contributed by atoms with van der Waals surface area (Å²) in [6.07, 6.45) is 0.704. The van der Waals surface area contributed by atoms with Gasteiger partial charge in [-0.05, 0) is 42.7 Å². The molecule has 0 aromatic heterocycles. The van der Waals surface area contributed by atoms with Crippen LogP contribution in [0.3, 0.4) is 0 Å². The number of benzene rings is 2. The molecule has 0 spiro atoms. The molecular weight excluding hydrogens is 317 g/mol. The largest absolute Gasteiger partial charge is 0.368 e. The highest BCUT2D eigenvalue weighted by molar-refractivity contribution is 5.74. The minimum atomic E-state index is -0.237. The fourth-order valence-corrected chi connectivity index (χ4v) is 3.15. The molecule has 0 atom stereocenters. The molecule has 0 saturated carbocycles. The van der Waals surface area contributed by atoms with E-state index in [0.29, 0.717) is 13.0 Å². The molecule has 5 heteroatoms. The number of piperazine rings is 1. The predicted octanol–water partition coefficient (Wildman–Crippen LogP) is 3.21. The van der Waals surface area contributed by atoms with Gasteiger partial charge in [-0.15, -0.1) is 0 Å². The lowest BCUT2D eigenvalue weighted by Crippen LogP contribution is -2.52. The molecule has 1 aliphatic rings. The van der Waals surface area contributed by atoms with Crippen LogP contribution in [0.5, 0.6) is 0 Å². The molecule has 0 bridgehead atoms. The second-order valence-corrected chi connectivity index (χ2v) is 6.37. The monoisotopic (exact) mass is 341 g/mol. The van der Waals surface area contributed by atoms with Gasteiger partial charge in [-0.25, -0.2) is 9.18 Å². The van der Waals surface area contributed by atoms with Crippen molar-refractivity contribution in [3.05, 3.63) is 65.5 Å². The molecule has 2 amide bonds. The number of urea groups is 1. The number of amides is 2. The number of hydrogen-bond donors (Lipinski definition) is 1. The Balaban J connectivity index is 1.44. The van der Waals surface area contributed by atoms with Gasteiger partial charge in [0.2, 0.25) is 0 Å². The van der Waals surface area contributed by atoms with Gasteiger partial charge < -0.3 is 15.1 Å². The maximum absolute atomic E-state index is 12.9. The molecular formula is C20H24FN3O. The van der Waals surface area contributed by atoms with E-state index < -0.39 is 0 Å². The lowest BCUT2D eigenvalue weighted by Gasteiger charge is -2.36. The van der Waals surface area contributed by atoms with Crippen LogP contribution < -0.4 is 10.2 Å². The summed E-state index contributed by atoms with van der Waals surface area (Å²) in [5.41, 5.74) is 3.53. The van der Waals surface area contributed by atoms with Gasteiger partial charge >= 0.3 is 6.03 Å². The number of rotatable bonds is 4. The smallest absolute Gasteiger partial charge is 0.317 e. The van der Waals surface area contributed by atoms with E-state index in [4.69, 9.17) is 0 Å². The number of nitrogens with zero attached hydrogens (tertiary/aromatic N) is 2. The van der Waals surface area contributed by atoms with Crippen molar-refractivity contribution in [3.63, 3.8) is 0 Å². The molecule has 0 radical (unpaired) electrons. The van der Waals surface area contributed by atoms with Crippen molar-refractivity contribution in [2.45, 2.75) is 13.3 Å². The zero-order chi connectivity index (χ0) is 17.6. The predicted molar refractivity (Wildman–Crippen MR) is 98.5 cm³/mol. The van der Waals surface area contributed by atoms with Crippen LogP contribution in [0.15, 0.2) is 48.5 Å². The molecule has 2 aromatic rings. The first kappa shape index (κ1) is 17.3. The Kier molecular flexibility index (Phi) is 5.53. The van der Waals surface area contributed by atoms with E-state index in [1.165, 1.54) is 23.4 Å². The number of para-hydroxylation sites is 1. The fraction of sp³-hybridized carbons (Fsp3) is 0.350. The maximum atomic E-state index is 12.9. The Morgan fingerprint density at radius 2 is 1.72 bits per heavy atom. The quantitative estimate of drug-likeness (QED) is 0.927. The number of halogens is 1. The normalized spacial score (nSPS) is 14.5. The van der Waals surface area contributed by atoms with E-state index >= 15 is 0 Å². The van der Waals surface area contributed by atoms with Gasteiger partial charge in [-0.3, -0.25) is 0 Å². The zero-order valence-corrected chi connectivity index (χ0v) is 14.5. The molecule has 2 aromatic carbocycles. The van der Waals surface area contributed by atoms with E-state index in [1.54, 1.807) is 12.1 Å². The maximum Gasteiger partial charge on any atom is 0.317 e. The van der Waals surface area contributed by atoms with Crippen LogP contribution in [-0.4, -0.2) is 43.7 Å². The standard InChI is InChI=1S/C20H24FN3O/c1-16-4-2-3-5-19(16)23-12-14-24(15-13-23)20(25)22-11-10-17-6-8-18(21)9-7-17/h2-9H,10-15H2,1H3,(H,22,25). The molecule has 1 fully saturated rings. The second kappa shape index (κ2) is 8.01. The average molecular weight is 341 g/mol. The number of carbonyl (C=O) groups excluding carboxylic acids is 1. The lowest BCUT2D eigenvalue weighted by molar-refractivity contribution is 0.194. The highest BCUT2D eigenvalue weighted by atomic mass is 19.1. The Hall–Kier alpha value is -2.56. The van der Waals surface area contributed by atoms with Crippen LogP contribution in [-0.2, 0) is 6.42 Å². The number of aryl methyl sites for hydroxylation is 1. The average Bonchev–Trinajstić information content (AvgIpc) is 2.64. The minimum Gasteiger partial charge on any atom is -0.368 e. The first-order chi connectivity index (χ1) is 12.1. The second-order valence-electron chi connectivity index (χ2n) is 6.37. The molecule has 0 unspecified atom stereocenters. The van der Waals surface area contributed by atoms with Crippen LogP contribution >= 0.6 is 0 Å². The third kappa shape index (κ3) is 4.50. The number of anilines is 1. The van der Waals surface area contributed by atoms with Crippen LogP contribution in [0.2, 0.25) is 0 Å². The molecule has 1 aliphatic heterocycles. The van der Waals surface area contributed by atoms with Crippen LogP contribution in [0.25, 0.3) is 0 Å². The summed E-state index contributed by atoms with van der Waals surface area (Å²) in [6, 6.07) is 14.7. The van der Waals surface area contributed by atoms with Gasteiger partial charge in [-0.1, -0.05) is 30.3 Å². The molecule has 25 heavy (non-hydrogen) atoms. The van der Waals surface area contributed by atoms with Gasteiger partial charge in [0.15, 0.2) is 0 Å². The van der Waals surface area contributed by atoms with Crippen molar-refractivity contribution in [1.29, 1.82) is 0 Å². The van der Waals surface area contributed by atoms with Crippen LogP contribution in [0.1, 0.15) is 11.1 Å². The third-order valence-electron chi connectivity index (χ3n) is 4.63. The fourth-order valence-electron chi connectivity index (χ4n) is 3.15. The van der Waals surface area contributed by atoms with Gasteiger partial charge in [-0.2, -0.15) is 0 Å². The van der Waals surface area contributed by atoms with Crippen molar-refractivity contribution in [2.75, 3.05) is 37.6 Å². The Labute approximate surface area is 148 Å². The van der Waals surface area contributed by atoms with Gasteiger partial charge in [0.25, 0.3) is 0 Å². The summed E-state index contributed by atoms with van der Waals surface area (Å²) in [5, 5.41) is 2.96. The molecule has 3 rings (SSSR count). The topological polar surface area (TPSA) is 35.6 Å². The Bertz CT molecular complexity index is 709. The third-order valence-corrected chi connectivity index (χ3v) is 4.63. The Morgan fingerprint density at radius 3 is 2.40 bits per heavy atom. The van der Waals surface area contributed by atoms with Gasteiger partial charge in [0.05, 0.1) is 0 Å². The van der Waals surface area contributed by atoms with Crippen LogP contribution in [0.4, 0.5) is 14.9 Å². The summed E-state index contributed by atoms with van der Waals surface area (Å²) in [4.78, 5) is 16.5. The number of nitrogens with one attached hydrogen (secondary N) is 1. The van der Waals surface area contributed by atoms with Crippen molar-refractivity contribution >= 4 is 11.7 Å². The van der Waals surface area contributed by atoms with E-state index in [0.717, 1.165) is 31.7 Å². The number of hydrogen-bond acceptors (Lipinski definition) is 2. The summed E-state index contributed by atoms with van der Waals surface area (Å²) in [5.74, 6) is -0.237. The van der Waals surface area contributed by atoms with Gasteiger partial charge in [0.1, 0.15) is 5.82 Å². The molecule has 0 aliphatic carbocycles. The molecule has 132 valence electrons. The van der Waals surface area contributed by atoms with Crippen molar-refractivity contribution in [2.24, 2.45) is 0 Å². The molecule has 1 N–H and O–H groups in total. The summed E-state index contributed by atoms with van der Waals surface area (Å²) in [6.45, 7) is 5.80. The lowest BCUT2D eigenvalue weighted by atomic mass is 10.1. The molecule has 1 saturated heterocycles. The van der Waals surface area contributed by atoms with Crippen molar-refractivity contribution < 1.29 is 9.18 Å². The highest BCUT2D eigenvalue weighted by Gasteiger charge is 2.21. The SMILES string of the molecule is Cc1ccccc1N1CCN(C(=O)NCCc2ccc(F)cc2)CC1. The van der Waals surface area contributed by atoms with Crippen LogP contribution in [0, 0.1) is 12.7 Å². The summed E-state index contributed by atoms with van der Waals surface area (Å²) >= 11 is 0. The molecule has 1 heterocycles. The van der Waals surface area contributed by atoms with E-state index in [9.17, 15) is 9.18 Å². The zero-order valence-electron chi connectivity index (χ0n) is 14.5. The van der Waals surface area contributed by atoms with Crippen molar-refractivity contribution in [1.82, 2.24) is 10.2 Å². The van der Waals surface area contributed by atoms with E-state index in [1.807, 2.05) is 11.0 Å². The number of carbonyl (C=O) groups is 1. The van der Waals surface area contributed by atoms with E-state index in [-0.39, 0.29) is 11.8 Å².